The number of hydrogen-bond acceptors (Lipinski definition) is 4. The molecule has 2 aromatic heterocycles. The van der Waals surface area contributed by atoms with Crippen LogP contribution in [-0.2, 0) is 6.42 Å². The first-order chi connectivity index (χ1) is 8.33. The molecule has 0 bridgehead atoms. The van der Waals surface area contributed by atoms with Crippen LogP contribution >= 0.6 is 11.6 Å². The molecule has 0 saturated heterocycles. The number of fused-ring (bicyclic) bond motifs is 1. The maximum atomic E-state index is 5.75. The van der Waals surface area contributed by atoms with Crippen molar-refractivity contribution in [3.05, 3.63) is 34.9 Å². The van der Waals surface area contributed by atoms with E-state index in [1.54, 1.807) is 12.4 Å². The van der Waals surface area contributed by atoms with Crippen molar-refractivity contribution in [2.45, 2.75) is 25.3 Å². The van der Waals surface area contributed by atoms with E-state index in [4.69, 9.17) is 11.6 Å². The Balaban J connectivity index is 1.81. The van der Waals surface area contributed by atoms with Crippen LogP contribution in [0, 0.1) is 0 Å². The fourth-order valence-corrected chi connectivity index (χ4v) is 2.25. The number of aromatic nitrogens is 4. The maximum Gasteiger partial charge on any atom is 0.223 e. The van der Waals surface area contributed by atoms with Crippen molar-refractivity contribution in [3.63, 3.8) is 0 Å². The Hall–Kier alpha value is -1.62. The van der Waals surface area contributed by atoms with Gasteiger partial charge in [-0.15, -0.1) is 0 Å². The summed E-state index contributed by atoms with van der Waals surface area (Å²) in [4.78, 5) is 8.28. The Morgan fingerprint density at radius 1 is 1.29 bits per heavy atom. The fraction of sp³-hybridized carbons (Fsp3) is 0.364. The largest absolute Gasteiger partial charge is 0.346 e. The van der Waals surface area contributed by atoms with E-state index in [0.29, 0.717) is 11.0 Å². The summed E-state index contributed by atoms with van der Waals surface area (Å²) in [6.07, 6.45) is 8.37. The van der Waals surface area contributed by atoms with Gasteiger partial charge in [0.25, 0.3) is 0 Å². The minimum atomic E-state index is 0.211. The summed E-state index contributed by atoms with van der Waals surface area (Å²) in [6, 6.07) is 0.211. The van der Waals surface area contributed by atoms with E-state index in [0.717, 1.165) is 25.0 Å². The minimum absolute atomic E-state index is 0.211. The van der Waals surface area contributed by atoms with E-state index in [9.17, 15) is 0 Å². The zero-order valence-electron chi connectivity index (χ0n) is 9.15. The molecular formula is C11H12ClN5. The lowest BCUT2D eigenvalue weighted by atomic mass is 9.94. The van der Waals surface area contributed by atoms with Crippen LogP contribution < -0.4 is 5.32 Å². The highest BCUT2D eigenvalue weighted by Crippen LogP contribution is 2.29. The Bertz CT molecular complexity index is 507. The van der Waals surface area contributed by atoms with Gasteiger partial charge in [-0.05, 0) is 24.8 Å². The van der Waals surface area contributed by atoms with Crippen LogP contribution in [0.1, 0.15) is 30.1 Å². The fourth-order valence-electron chi connectivity index (χ4n) is 2.15. The lowest BCUT2D eigenvalue weighted by Crippen LogP contribution is -2.18. The summed E-state index contributed by atoms with van der Waals surface area (Å²) < 4.78 is 0. The molecule has 0 unspecified atom stereocenters. The standard InChI is InChI=1S/C11H12ClN5/c12-8-5-13-11(14-6-8)16-9-3-1-2-7-4-15-17-10(7)9/h4-6,9H,1-3H2,(H,15,17)(H,13,14,16)/t9-/m0/s1. The van der Waals surface area contributed by atoms with Crippen LogP contribution in [0.5, 0.6) is 0 Å². The van der Waals surface area contributed by atoms with Gasteiger partial charge in [-0.1, -0.05) is 11.6 Å². The van der Waals surface area contributed by atoms with Gasteiger partial charge in [0.05, 0.1) is 35.3 Å². The van der Waals surface area contributed by atoms with E-state index in [1.165, 1.54) is 5.56 Å². The van der Waals surface area contributed by atoms with E-state index in [1.807, 2.05) is 6.20 Å². The zero-order valence-corrected chi connectivity index (χ0v) is 9.91. The molecule has 6 heteroatoms. The number of nitrogens with zero attached hydrogens (tertiary/aromatic N) is 3. The summed E-state index contributed by atoms with van der Waals surface area (Å²) in [7, 11) is 0. The molecule has 88 valence electrons. The van der Waals surface area contributed by atoms with Crippen molar-refractivity contribution in [2.24, 2.45) is 0 Å². The average molecular weight is 250 g/mol. The zero-order chi connectivity index (χ0) is 11.7. The quantitative estimate of drug-likeness (QED) is 0.857. The SMILES string of the molecule is Clc1cnc(N[C@H]2CCCc3cn[nH]c32)nc1. The molecule has 1 aliphatic rings. The van der Waals surface area contributed by atoms with E-state index >= 15 is 0 Å². The molecule has 0 aromatic carbocycles. The molecule has 2 N–H and O–H groups in total. The first-order valence-corrected chi connectivity index (χ1v) is 5.97. The number of aryl methyl sites for hydroxylation is 1. The molecule has 2 heterocycles. The molecule has 1 aliphatic carbocycles. The van der Waals surface area contributed by atoms with Crippen LogP contribution in [0.25, 0.3) is 0 Å². The van der Waals surface area contributed by atoms with Crippen LogP contribution in [-0.4, -0.2) is 20.2 Å². The van der Waals surface area contributed by atoms with Crippen molar-refractivity contribution in [1.82, 2.24) is 20.2 Å². The molecular weight excluding hydrogens is 238 g/mol. The lowest BCUT2D eigenvalue weighted by molar-refractivity contribution is 0.584. The van der Waals surface area contributed by atoms with Crippen LogP contribution in [0.2, 0.25) is 5.02 Å². The Labute approximate surface area is 104 Å². The number of aromatic amines is 1. The summed E-state index contributed by atoms with van der Waals surface area (Å²) in [5.74, 6) is 0.599. The first-order valence-electron chi connectivity index (χ1n) is 5.59. The molecule has 17 heavy (non-hydrogen) atoms. The predicted molar refractivity (Wildman–Crippen MR) is 64.9 cm³/mol. The van der Waals surface area contributed by atoms with Gasteiger partial charge in [-0.25, -0.2) is 9.97 Å². The van der Waals surface area contributed by atoms with Gasteiger partial charge < -0.3 is 5.32 Å². The predicted octanol–water partition coefficient (Wildman–Crippen LogP) is 2.34. The van der Waals surface area contributed by atoms with Crippen molar-refractivity contribution >= 4 is 17.5 Å². The summed E-state index contributed by atoms with van der Waals surface area (Å²) in [5.41, 5.74) is 2.43. The summed E-state index contributed by atoms with van der Waals surface area (Å²) in [5, 5.41) is 11.0. The molecule has 0 fully saturated rings. The number of rotatable bonds is 2. The average Bonchev–Trinajstić information content (AvgIpc) is 2.81. The highest BCUT2D eigenvalue weighted by molar-refractivity contribution is 6.30. The number of nitrogens with one attached hydrogen (secondary N) is 2. The first kappa shape index (κ1) is 10.5. The normalized spacial score (nSPS) is 18.8. The van der Waals surface area contributed by atoms with Gasteiger partial charge in [0.1, 0.15) is 0 Å². The van der Waals surface area contributed by atoms with Gasteiger partial charge in [0.2, 0.25) is 5.95 Å². The Morgan fingerprint density at radius 2 is 2.12 bits per heavy atom. The third kappa shape index (κ3) is 2.10. The lowest BCUT2D eigenvalue weighted by Gasteiger charge is -2.22. The smallest absolute Gasteiger partial charge is 0.223 e. The van der Waals surface area contributed by atoms with Gasteiger partial charge in [-0.2, -0.15) is 5.10 Å². The van der Waals surface area contributed by atoms with Crippen LogP contribution in [0.4, 0.5) is 5.95 Å². The molecule has 0 radical (unpaired) electrons. The second-order valence-electron chi connectivity index (χ2n) is 4.12. The maximum absolute atomic E-state index is 5.75. The topological polar surface area (TPSA) is 66.5 Å². The molecule has 0 spiro atoms. The summed E-state index contributed by atoms with van der Waals surface area (Å²) in [6.45, 7) is 0. The molecule has 0 amide bonds. The Kier molecular flexibility index (Phi) is 2.68. The number of H-pyrrole nitrogens is 1. The van der Waals surface area contributed by atoms with Gasteiger partial charge >= 0.3 is 0 Å². The van der Waals surface area contributed by atoms with Gasteiger partial charge in [0, 0.05) is 0 Å². The number of hydrogen-bond donors (Lipinski definition) is 2. The van der Waals surface area contributed by atoms with E-state index in [2.05, 4.69) is 25.5 Å². The van der Waals surface area contributed by atoms with Crippen molar-refractivity contribution < 1.29 is 0 Å². The Morgan fingerprint density at radius 3 is 2.94 bits per heavy atom. The molecule has 0 aliphatic heterocycles. The van der Waals surface area contributed by atoms with Crippen molar-refractivity contribution in [2.75, 3.05) is 5.32 Å². The molecule has 2 aromatic rings. The van der Waals surface area contributed by atoms with Crippen LogP contribution in [0.3, 0.4) is 0 Å². The van der Waals surface area contributed by atoms with E-state index in [-0.39, 0.29) is 6.04 Å². The summed E-state index contributed by atoms with van der Waals surface area (Å²) >= 11 is 5.75. The number of anilines is 1. The highest BCUT2D eigenvalue weighted by Gasteiger charge is 2.22. The second-order valence-corrected chi connectivity index (χ2v) is 4.56. The third-order valence-electron chi connectivity index (χ3n) is 2.96. The second kappa shape index (κ2) is 4.33. The van der Waals surface area contributed by atoms with Crippen molar-refractivity contribution in [3.8, 4) is 0 Å². The van der Waals surface area contributed by atoms with Gasteiger partial charge in [0.15, 0.2) is 0 Å². The van der Waals surface area contributed by atoms with E-state index < -0.39 is 0 Å². The monoisotopic (exact) mass is 249 g/mol. The number of halogens is 1. The van der Waals surface area contributed by atoms with Crippen LogP contribution in [0.15, 0.2) is 18.6 Å². The van der Waals surface area contributed by atoms with Gasteiger partial charge in [-0.3, -0.25) is 5.10 Å². The highest BCUT2D eigenvalue weighted by atomic mass is 35.5. The van der Waals surface area contributed by atoms with Crippen molar-refractivity contribution in [1.29, 1.82) is 0 Å². The molecule has 3 rings (SSSR count). The third-order valence-corrected chi connectivity index (χ3v) is 3.16. The molecule has 0 saturated carbocycles. The minimum Gasteiger partial charge on any atom is -0.346 e. The molecule has 1 atom stereocenters. The molecule has 5 nitrogen and oxygen atoms in total.